The molecule has 8 heteroatoms. The van der Waals surface area contributed by atoms with Gasteiger partial charge in [-0.25, -0.2) is 24.3 Å². The van der Waals surface area contributed by atoms with Gasteiger partial charge in [-0.05, 0) is 11.6 Å². The lowest BCUT2D eigenvalue weighted by molar-refractivity contribution is 0.613. The van der Waals surface area contributed by atoms with Crippen LogP contribution < -0.4 is 5.69 Å². The molecule has 0 atom stereocenters. The predicted molar refractivity (Wildman–Crippen MR) is 80.4 cm³/mol. The van der Waals surface area contributed by atoms with Gasteiger partial charge in [-0.3, -0.25) is 4.98 Å². The second kappa shape index (κ2) is 5.16. The van der Waals surface area contributed by atoms with Crippen LogP contribution in [0.25, 0.3) is 17.2 Å². The molecule has 4 rings (SSSR count). The molecule has 0 aliphatic heterocycles. The first-order valence-electron chi connectivity index (χ1n) is 6.92. The van der Waals surface area contributed by atoms with Crippen molar-refractivity contribution in [3.8, 4) is 11.5 Å². The minimum Gasteiger partial charge on any atom is -0.303 e. The summed E-state index contributed by atoms with van der Waals surface area (Å²) in [5, 5.41) is 6.18. The summed E-state index contributed by atoms with van der Waals surface area (Å²) in [6.45, 7) is 0. The van der Waals surface area contributed by atoms with E-state index >= 15 is 0 Å². The van der Waals surface area contributed by atoms with Crippen LogP contribution in [0.4, 0.5) is 4.39 Å². The van der Waals surface area contributed by atoms with E-state index in [1.807, 2.05) is 0 Å². The van der Waals surface area contributed by atoms with Gasteiger partial charge in [0.25, 0.3) is 0 Å². The Morgan fingerprint density at radius 3 is 2.91 bits per heavy atom. The second-order valence-corrected chi connectivity index (χ2v) is 5.03. The van der Waals surface area contributed by atoms with Crippen molar-refractivity contribution in [2.24, 2.45) is 0 Å². The van der Waals surface area contributed by atoms with Crippen molar-refractivity contribution >= 4 is 5.65 Å². The Morgan fingerprint density at radius 2 is 2.13 bits per heavy atom. The van der Waals surface area contributed by atoms with Gasteiger partial charge >= 0.3 is 5.69 Å². The molecule has 0 spiro atoms. The molecular formula is C15H11FN6O. The molecule has 0 unspecified atom stereocenters. The van der Waals surface area contributed by atoms with Gasteiger partial charge in [-0.1, -0.05) is 18.2 Å². The number of aromatic nitrogens is 6. The number of benzene rings is 1. The first-order chi connectivity index (χ1) is 11.2. The average Bonchev–Trinajstić information content (AvgIpc) is 3.18. The molecular weight excluding hydrogens is 299 g/mol. The average molecular weight is 310 g/mol. The topological polar surface area (TPSA) is 91.7 Å². The van der Waals surface area contributed by atoms with Gasteiger partial charge in [-0.15, -0.1) is 0 Å². The highest BCUT2D eigenvalue weighted by atomic mass is 19.1. The molecule has 114 valence electrons. The van der Waals surface area contributed by atoms with E-state index in [4.69, 9.17) is 0 Å². The molecule has 0 saturated heterocycles. The Balaban J connectivity index is 1.86. The predicted octanol–water partition coefficient (Wildman–Crippen LogP) is 1.54. The lowest BCUT2D eigenvalue weighted by Gasteiger charge is -2.07. The first-order valence-corrected chi connectivity index (χ1v) is 6.92. The molecule has 7 nitrogen and oxygen atoms in total. The number of imidazole rings is 1. The maximum atomic E-state index is 13.9. The van der Waals surface area contributed by atoms with Crippen molar-refractivity contribution in [1.29, 1.82) is 0 Å². The van der Waals surface area contributed by atoms with Crippen molar-refractivity contribution in [3.63, 3.8) is 0 Å². The number of H-pyrrole nitrogens is 2. The van der Waals surface area contributed by atoms with E-state index in [1.165, 1.54) is 6.07 Å². The molecule has 3 aromatic heterocycles. The summed E-state index contributed by atoms with van der Waals surface area (Å²) in [6, 6.07) is 6.53. The summed E-state index contributed by atoms with van der Waals surface area (Å²) in [6.07, 6.45) is 5.39. The fraction of sp³-hybridized carbons (Fsp3) is 0.0667. The molecule has 1 aromatic carbocycles. The monoisotopic (exact) mass is 310 g/mol. The van der Waals surface area contributed by atoms with E-state index in [9.17, 15) is 9.18 Å². The highest BCUT2D eigenvalue weighted by molar-refractivity contribution is 5.55. The highest BCUT2D eigenvalue weighted by Gasteiger charge is 2.13. The Labute approximate surface area is 128 Å². The normalized spacial score (nSPS) is 11.2. The number of aromatic amines is 2. The van der Waals surface area contributed by atoms with Crippen LogP contribution in [0.5, 0.6) is 0 Å². The Morgan fingerprint density at radius 1 is 1.26 bits per heavy atom. The quantitative estimate of drug-likeness (QED) is 0.600. The summed E-state index contributed by atoms with van der Waals surface area (Å²) in [4.78, 5) is 22.5. The lowest BCUT2D eigenvalue weighted by atomic mass is 10.1. The number of fused-ring (bicyclic) bond motifs is 1. The van der Waals surface area contributed by atoms with Crippen LogP contribution in [-0.4, -0.2) is 29.5 Å². The SMILES string of the molecule is O=c1[nH]nc(-c2cn3ccnc3c(Cc3ccccc3F)n2)[nH]1. The number of hydrogen-bond acceptors (Lipinski definition) is 4. The third-order valence-corrected chi connectivity index (χ3v) is 3.50. The largest absolute Gasteiger partial charge is 0.340 e. The maximum Gasteiger partial charge on any atom is 0.340 e. The molecule has 23 heavy (non-hydrogen) atoms. The lowest BCUT2D eigenvalue weighted by Crippen LogP contribution is -2.03. The summed E-state index contributed by atoms with van der Waals surface area (Å²) in [5.74, 6) is 0.0259. The summed E-state index contributed by atoms with van der Waals surface area (Å²) in [5.41, 5.74) is 1.82. The highest BCUT2D eigenvalue weighted by Crippen LogP contribution is 2.19. The second-order valence-electron chi connectivity index (χ2n) is 5.03. The van der Waals surface area contributed by atoms with Crippen LogP contribution in [0.1, 0.15) is 11.3 Å². The zero-order valence-corrected chi connectivity index (χ0v) is 11.8. The third kappa shape index (κ3) is 2.39. The van der Waals surface area contributed by atoms with E-state index in [0.29, 0.717) is 28.4 Å². The van der Waals surface area contributed by atoms with Crippen molar-refractivity contribution in [3.05, 3.63) is 70.4 Å². The van der Waals surface area contributed by atoms with Crippen LogP contribution in [0.3, 0.4) is 0 Å². The molecule has 0 aliphatic rings. The number of halogens is 1. The molecule has 0 fully saturated rings. The minimum atomic E-state index is -0.414. The Kier molecular flexibility index (Phi) is 3.00. The van der Waals surface area contributed by atoms with Crippen molar-refractivity contribution in [2.45, 2.75) is 6.42 Å². The van der Waals surface area contributed by atoms with Crippen molar-refractivity contribution in [1.82, 2.24) is 29.5 Å². The number of nitrogens with one attached hydrogen (secondary N) is 2. The van der Waals surface area contributed by atoms with Crippen LogP contribution in [0, 0.1) is 5.82 Å². The molecule has 3 heterocycles. The smallest absolute Gasteiger partial charge is 0.303 e. The van der Waals surface area contributed by atoms with Crippen LogP contribution in [0.2, 0.25) is 0 Å². The first kappa shape index (κ1) is 13.4. The molecule has 0 aliphatic carbocycles. The van der Waals surface area contributed by atoms with Crippen LogP contribution >= 0.6 is 0 Å². The van der Waals surface area contributed by atoms with Gasteiger partial charge in [0.1, 0.15) is 11.5 Å². The molecule has 0 bridgehead atoms. The Bertz CT molecular complexity index is 1050. The minimum absolute atomic E-state index is 0.287. The third-order valence-electron chi connectivity index (χ3n) is 3.50. The van der Waals surface area contributed by atoms with Gasteiger partial charge < -0.3 is 4.40 Å². The summed E-state index contributed by atoms with van der Waals surface area (Å²) < 4.78 is 15.7. The summed E-state index contributed by atoms with van der Waals surface area (Å²) >= 11 is 0. The van der Waals surface area contributed by atoms with Crippen LogP contribution in [0.15, 0.2) is 47.7 Å². The van der Waals surface area contributed by atoms with E-state index in [1.54, 1.807) is 41.2 Å². The standard InChI is InChI=1S/C15H11FN6O/c16-10-4-2-1-3-9(10)7-11-14-17-5-6-22(14)8-12(18-11)13-19-15(23)21-20-13/h1-6,8H,7H2,(H2,19,20,21,23). The summed E-state index contributed by atoms with van der Waals surface area (Å²) in [7, 11) is 0. The zero-order chi connectivity index (χ0) is 15.8. The van der Waals surface area contributed by atoms with E-state index in [0.717, 1.165) is 0 Å². The van der Waals surface area contributed by atoms with Crippen molar-refractivity contribution in [2.75, 3.05) is 0 Å². The Hall–Kier alpha value is -3.29. The molecule has 4 aromatic rings. The maximum absolute atomic E-state index is 13.9. The number of rotatable bonds is 3. The van der Waals surface area contributed by atoms with Gasteiger partial charge in [-0.2, -0.15) is 5.10 Å². The van der Waals surface area contributed by atoms with Crippen molar-refractivity contribution < 1.29 is 4.39 Å². The molecule has 2 N–H and O–H groups in total. The number of hydrogen-bond donors (Lipinski definition) is 2. The fourth-order valence-corrected chi connectivity index (χ4v) is 2.44. The number of nitrogens with zero attached hydrogens (tertiary/aromatic N) is 4. The zero-order valence-electron chi connectivity index (χ0n) is 11.8. The van der Waals surface area contributed by atoms with E-state index in [-0.39, 0.29) is 12.2 Å². The van der Waals surface area contributed by atoms with Gasteiger partial charge in [0.15, 0.2) is 11.5 Å². The molecule has 0 saturated carbocycles. The van der Waals surface area contributed by atoms with E-state index in [2.05, 4.69) is 25.1 Å². The van der Waals surface area contributed by atoms with Gasteiger partial charge in [0, 0.05) is 25.0 Å². The van der Waals surface area contributed by atoms with Gasteiger partial charge in [0.2, 0.25) is 0 Å². The molecule has 0 amide bonds. The van der Waals surface area contributed by atoms with Gasteiger partial charge in [0.05, 0.1) is 5.69 Å². The van der Waals surface area contributed by atoms with E-state index < -0.39 is 5.69 Å². The van der Waals surface area contributed by atoms with Crippen LogP contribution in [-0.2, 0) is 6.42 Å². The fourth-order valence-electron chi connectivity index (χ4n) is 2.44. The molecule has 0 radical (unpaired) electrons.